The van der Waals surface area contributed by atoms with Gasteiger partial charge < -0.3 is 14.8 Å². The molecule has 2 aromatic carbocycles. The van der Waals surface area contributed by atoms with Gasteiger partial charge in [-0.05, 0) is 42.8 Å². The molecule has 150 valence electrons. The lowest BCUT2D eigenvalue weighted by molar-refractivity contribution is -0.119. The Morgan fingerprint density at radius 2 is 1.83 bits per heavy atom. The number of nitrogens with zero attached hydrogens (tertiary/aromatic N) is 3. The third-order valence-corrected chi connectivity index (χ3v) is 4.42. The van der Waals surface area contributed by atoms with Crippen LogP contribution in [0.15, 0.2) is 59.5 Å². The van der Waals surface area contributed by atoms with Crippen LogP contribution in [-0.4, -0.2) is 34.9 Å². The summed E-state index contributed by atoms with van der Waals surface area (Å²) in [5.74, 6) is 0.993. The van der Waals surface area contributed by atoms with E-state index in [4.69, 9.17) is 9.47 Å². The molecule has 0 spiro atoms. The molecule has 1 N–H and O–H groups in total. The van der Waals surface area contributed by atoms with Crippen LogP contribution in [0.2, 0.25) is 0 Å². The molecule has 0 radical (unpaired) electrons. The zero-order chi connectivity index (χ0) is 20.8. The summed E-state index contributed by atoms with van der Waals surface area (Å²) in [6.07, 6.45) is 1.86. The fraction of sp³-hybridized carbons (Fsp3) is 0.238. The standard InChI is InChI=1S/C21H22N4O4/c1-4-19(20(26)23-15-8-10-16(28-2)11-9-15)25-21(27)24-18(13-22-25)14-6-5-7-17(12-14)29-3/h5-13,19H,4H2,1-3H3,(H,23,26). The van der Waals surface area contributed by atoms with E-state index in [0.29, 0.717) is 34.9 Å². The van der Waals surface area contributed by atoms with Crippen molar-refractivity contribution in [2.45, 2.75) is 19.4 Å². The van der Waals surface area contributed by atoms with Crippen LogP contribution in [0.4, 0.5) is 5.69 Å². The van der Waals surface area contributed by atoms with Gasteiger partial charge in [-0.25, -0.2) is 9.48 Å². The fourth-order valence-corrected chi connectivity index (χ4v) is 2.85. The van der Waals surface area contributed by atoms with Crippen LogP contribution in [0, 0.1) is 0 Å². The van der Waals surface area contributed by atoms with Crippen molar-refractivity contribution >= 4 is 11.6 Å². The van der Waals surface area contributed by atoms with E-state index >= 15 is 0 Å². The smallest absolute Gasteiger partial charge is 0.365 e. The van der Waals surface area contributed by atoms with Crippen LogP contribution >= 0.6 is 0 Å². The summed E-state index contributed by atoms with van der Waals surface area (Å²) >= 11 is 0. The maximum Gasteiger partial charge on any atom is 0.365 e. The Hall–Kier alpha value is -3.68. The number of amides is 1. The molecular formula is C21H22N4O4. The predicted octanol–water partition coefficient (Wildman–Crippen LogP) is 2.91. The monoisotopic (exact) mass is 394 g/mol. The Morgan fingerprint density at radius 1 is 1.10 bits per heavy atom. The highest BCUT2D eigenvalue weighted by atomic mass is 16.5. The molecule has 0 saturated carbocycles. The van der Waals surface area contributed by atoms with Gasteiger partial charge in [-0.3, -0.25) is 4.79 Å². The number of carbonyl (C=O) groups is 1. The summed E-state index contributed by atoms with van der Waals surface area (Å²) in [7, 11) is 3.14. The van der Waals surface area contributed by atoms with Crippen molar-refractivity contribution in [1.29, 1.82) is 0 Å². The number of benzene rings is 2. The maximum absolute atomic E-state index is 12.7. The average Bonchev–Trinajstić information content (AvgIpc) is 2.76. The van der Waals surface area contributed by atoms with E-state index in [1.165, 1.54) is 6.20 Å². The van der Waals surface area contributed by atoms with Crippen LogP contribution in [0.1, 0.15) is 19.4 Å². The molecule has 8 heteroatoms. The second-order valence-electron chi connectivity index (χ2n) is 6.24. The second-order valence-corrected chi connectivity index (χ2v) is 6.24. The van der Waals surface area contributed by atoms with E-state index in [9.17, 15) is 9.59 Å². The van der Waals surface area contributed by atoms with Gasteiger partial charge in [0.2, 0.25) is 5.91 Å². The summed E-state index contributed by atoms with van der Waals surface area (Å²) in [6.45, 7) is 1.81. The van der Waals surface area contributed by atoms with E-state index < -0.39 is 11.7 Å². The first-order chi connectivity index (χ1) is 14.0. The van der Waals surface area contributed by atoms with E-state index in [0.717, 1.165) is 4.68 Å². The summed E-state index contributed by atoms with van der Waals surface area (Å²) < 4.78 is 11.4. The van der Waals surface area contributed by atoms with Crippen LogP contribution in [0.5, 0.6) is 11.5 Å². The number of carbonyl (C=O) groups excluding carboxylic acids is 1. The molecule has 1 amide bonds. The summed E-state index contributed by atoms with van der Waals surface area (Å²) in [6, 6.07) is 13.3. The van der Waals surface area contributed by atoms with Crippen molar-refractivity contribution < 1.29 is 14.3 Å². The van der Waals surface area contributed by atoms with E-state index in [1.807, 2.05) is 13.0 Å². The number of anilines is 1. The molecule has 3 aromatic rings. The van der Waals surface area contributed by atoms with Gasteiger partial charge in [0.05, 0.1) is 26.1 Å². The van der Waals surface area contributed by atoms with Gasteiger partial charge in [-0.15, -0.1) is 0 Å². The van der Waals surface area contributed by atoms with Crippen molar-refractivity contribution in [3.63, 3.8) is 0 Å². The molecule has 1 unspecified atom stereocenters. The molecule has 3 rings (SSSR count). The van der Waals surface area contributed by atoms with Gasteiger partial charge in [-0.1, -0.05) is 19.1 Å². The minimum atomic E-state index is -0.781. The van der Waals surface area contributed by atoms with E-state index in [2.05, 4.69) is 15.4 Å². The van der Waals surface area contributed by atoms with Crippen LogP contribution in [0.25, 0.3) is 11.3 Å². The van der Waals surface area contributed by atoms with Crippen molar-refractivity contribution in [3.8, 4) is 22.8 Å². The van der Waals surface area contributed by atoms with E-state index in [-0.39, 0.29) is 5.91 Å². The van der Waals surface area contributed by atoms with Gasteiger partial charge in [0.1, 0.15) is 17.5 Å². The minimum Gasteiger partial charge on any atom is -0.497 e. The van der Waals surface area contributed by atoms with Crippen molar-refractivity contribution in [3.05, 3.63) is 65.2 Å². The Morgan fingerprint density at radius 3 is 2.45 bits per heavy atom. The summed E-state index contributed by atoms with van der Waals surface area (Å²) in [5, 5.41) is 6.98. The van der Waals surface area contributed by atoms with Crippen LogP contribution in [0.3, 0.4) is 0 Å². The highest BCUT2D eigenvalue weighted by molar-refractivity contribution is 5.93. The molecule has 1 atom stereocenters. The first-order valence-electron chi connectivity index (χ1n) is 9.11. The van der Waals surface area contributed by atoms with Crippen molar-refractivity contribution in [2.24, 2.45) is 0 Å². The van der Waals surface area contributed by atoms with Crippen LogP contribution in [-0.2, 0) is 4.79 Å². The topological polar surface area (TPSA) is 95.3 Å². The first kappa shape index (κ1) is 20.1. The summed E-state index contributed by atoms with van der Waals surface area (Å²) in [5.41, 5.74) is 1.12. The molecule has 1 heterocycles. The van der Waals surface area contributed by atoms with Gasteiger partial charge in [0.25, 0.3) is 0 Å². The molecule has 0 aliphatic carbocycles. The molecular weight excluding hydrogens is 372 g/mol. The minimum absolute atomic E-state index is 0.344. The second kappa shape index (κ2) is 9.01. The maximum atomic E-state index is 12.7. The van der Waals surface area contributed by atoms with Crippen molar-refractivity contribution in [2.75, 3.05) is 19.5 Å². The number of rotatable bonds is 7. The highest BCUT2D eigenvalue weighted by Gasteiger charge is 2.22. The molecule has 0 aliphatic rings. The zero-order valence-electron chi connectivity index (χ0n) is 16.5. The van der Waals surface area contributed by atoms with Crippen molar-refractivity contribution in [1.82, 2.24) is 14.8 Å². The lowest BCUT2D eigenvalue weighted by atomic mass is 10.1. The fourth-order valence-electron chi connectivity index (χ4n) is 2.85. The lowest BCUT2D eigenvalue weighted by Gasteiger charge is -2.16. The number of nitrogens with one attached hydrogen (secondary N) is 1. The number of ether oxygens (including phenoxy) is 2. The highest BCUT2D eigenvalue weighted by Crippen LogP contribution is 2.21. The third kappa shape index (κ3) is 4.60. The zero-order valence-corrected chi connectivity index (χ0v) is 16.5. The van der Waals surface area contributed by atoms with Gasteiger partial charge in [0, 0.05) is 11.3 Å². The Labute approximate surface area is 168 Å². The molecule has 0 aliphatic heterocycles. The number of aromatic nitrogens is 3. The van der Waals surface area contributed by atoms with Gasteiger partial charge >= 0.3 is 5.69 Å². The van der Waals surface area contributed by atoms with Crippen LogP contribution < -0.4 is 20.5 Å². The number of methoxy groups -OCH3 is 2. The summed E-state index contributed by atoms with van der Waals surface area (Å²) in [4.78, 5) is 29.4. The predicted molar refractivity (Wildman–Crippen MR) is 109 cm³/mol. The lowest BCUT2D eigenvalue weighted by Crippen LogP contribution is -2.36. The molecule has 0 fully saturated rings. The third-order valence-electron chi connectivity index (χ3n) is 4.42. The largest absolute Gasteiger partial charge is 0.497 e. The quantitative estimate of drug-likeness (QED) is 0.662. The average molecular weight is 394 g/mol. The SMILES string of the molecule is CCC(C(=O)Nc1ccc(OC)cc1)n1ncc(-c2cccc(OC)c2)nc1=O. The normalized spacial score (nSPS) is 11.6. The first-order valence-corrected chi connectivity index (χ1v) is 9.11. The molecule has 0 bridgehead atoms. The molecule has 8 nitrogen and oxygen atoms in total. The van der Waals surface area contributed by atoms with Gasteiger partial charge in [0.15, 0.2) is 0 Å². The Bertz CT molecular complexity index is 1050. The number of hydrogen-bond donors (Lipinski definition) is 1. The van der Waals surface area contributed by atoms with Gasteiger partial charge in [-0.2, -0.15) is 10.1 Å². The number of hydrogen-bond acceptors (Lipinski definition) is 6. The Balaban J connectivity index is 1.83. The molecule has 1 aromatic heterocycles. The van der Waals surface area contributed by atoms with E-state index in [1.54, 1.807) is 56.7 Å². The molecule has 0 saturated heterocycles. The molecule has 29 heavy (non-hydrogen) atoms. The Kier molecular flexibility index (Phi) is 6.23.